The molecule has 0 radical (unpaired) electrons. The number of hydrogen-bond acceptors (Lipinski definition) is 1. The molecule has 0 aliphatic heterocycles. The standard InChI is InChI=1S/C39H30N2/c1-39(2)35-19-11-9-17-31(35)33-25-29(21-23-36(33)39)40(27-13-5-3-6-14-27)30-22-24-38-34(26-30)32-18-10-12-20-37(32)41(38)28-15-7-4-8-16-28/h3-26H,1-2H3. The molecule has 1 aliphatic carbocycles. The highest BCUT2D eigenvalue weighted by Gasteiger charge is 2.35. The van der Waals surface area contributed by atoms with E-state index < -0.39 is 0 Å². The SMILES string of the molecule is CC1(C)c2ccccc2-c2cc(N(c3ccccc3)c3ccc4c(c3)c3ccccc3n4-c3ccccc3)ccc21. The summed E-state index contributed by atoms with van der Waals surface area (Å²) in [5.41, 5.74) is 12.5. The van der Waals surface area contributed by atoms with Crippen LogP contribution in [0.5, 0.6) is 0 Å². The number of rotatable bonds is 4. The minimum absolute atomic E-state index is 0.0137. The lowest BCUT2D eigenvalue weighted by atomic mass is 9.82. The van der Waals surface area contributed by atoms with Crippen molar-refractivity contribution in [2.75, 3.05) is 4.90 Å². The first-order valence-electron chi connectivity index (χ1n) is 14.3. The van der Waals surface area contributed by atoms with Gasteiger partial charge in [0.05, 0.1) is 11.0 Å². The molecule has 0 amide bonds. The van der Waals surface area contributed by atoms with Crippen molar-refractivity contribution < 1.29 is 0 Å². The summed E-state index contributed by atoms with van der Waals surface area (Å²) in [4.78, 5) is 2.39. The Morgan fingerprint density at radius 1 is 0.463 bits per heavy atom. The Bertz CT molecular complexity index is 2070. The maximum Gasteiger partial charge on any atom is 0.0542 e. The second-order valence-electron chi connectivity index (χ2n) is 11.5. The van der Waals surface area contributed by atoms with Crippen LogP contribution in [0.3, 0.4) is 0 Å². The van der Waals surface area contributed by atoms with Crippen LogP contribution in [0.4, 0.5) is 17.1 Å². The van der Waals surface area contributed by atoms with Crippen molar-refractivity contribution in [1.29, 1.82) is 0 Å². The Kier molecular flexibility index (Phi) is 5.20. The van der Waals surface area contributed by atoms with E-state index in [2.05, 4.69) is 169 Å². The first-order chi connectivity index (χ1) is 20.1. The van der Waals surface area contributed by atoms with Gasteiger partial charge in [0.2, 0.25) is 0 Å². The molecule has 1 aromatic heterocycles. The molecule has 0 atom stereocenters. The molecule has 2 heteroatoms. The fraction of sp³-hybridized carbons (Fsp3) is 0.0769. The molecule has 0 fully saturated rings. The number of anilines is 3. The van der Waals surface area contributed by atoms with Crippen molar-refractivity contribution in [3.05, 3.63) is 157 Å². The number of para-hydroxylation sites is 3. The average molecular weight is 527 g/mol. The number of benzene rings is 6. The average Bonchev–Trinajstić information content (AvgIpc) is 3.47. The van der Waals surface area contributed by atoms with E-state index >= 15 is 0 Å². The van der Waals surface area contributed by atoms with E-state index in [0.29, 0.717) is 0 Å². The molecule has 7 aromatic rings. The van der Waals surface area contributed by atoms with Crippen LogP contribution in [0.2, 0.25) is 0 Å². The van der Waals surface area contributed by atoms with E-state index in [4.69, 9.17) is 0 Å². The first-order valence-corrected chi connectivity index (χ1v) is 14.3. The molecule has 1 aliphatic rings. The van der Waals surface area contributed by atoms with E-state index in [1.165, 1.54) is 49.7 Å². The van der Waals surface area contributed by atoms with E-state index in [9.17, 15) is 0 Å². The van der Waals surface area contributed by atoms with Crippen LogP contribution in [0.1, 0.15) is 25.0 Å². The Labute approximate surface area is 240 Å². The number of aromatic nitrogens is 1. The molecular weight excluding hydrogens is 496 g/mol. The Morgan fingerprint density at radius 2 is 1.07 bits per heavy atom. The zero-order valence-electron chi connectivity index (χ0n) is 23.3. The lowest BCUT2D eigenvalue weighted by Crippen LogP contribution is -2.15. The summed E-state index contributed by atoms with van der Waals surface area (Å²) < 4.78 is 2.37. The highest BCUT2D eigenvalue weighted by Crippen LogP contribution is 2.50. The van der Waals surface area contributed by atoms with Crippen LogP contribution >= 0.6 is 0 Å². The Morgan fingerprint density at radius 3 is 1.90 bits per heavy atom. The molecule has 2 nitrogen and oxygen atoms in total. The molecule has 1 heterocycles. The van der Waals surface area contributed by atoms with Crippen LogP contribution in [-0.4, -0.2) is 4.57 Å². The van der Waals surface area contributed by atoms with Gasteiger partial charge in [-0.25, -0.2) is 0 Å². The van der Waals surface area contributed by atoms with Gasteiger partial charge in [0.15, 0.2) is 0 Å². The third-order valence-corrected chi connectivity index (χ3v) is 8.77. The normalized spacial score (nSPS) is 13.3. The monoisotopic (exact) mass is 526 g/mol. The molecule has 41 heavy (non-hydrogen) atoms. The molecule has 0 saturated heterocycles. The topological polar surface area (TPSA) is 8.17 Å². The van der Waals surface area contributed by atoms with Gasteiger partial charge < -0.3 is 9.47 Å². The second kappa shape index (κ2) is 8.97. The van der Waals surface area contributed by atoms with Crippen LogP contribution in [0, 0.1) is 0 Å². The van der Waals surface area contributed by atoms with Gasteiger partial charge in [0.25, 0.3) is 0 Å². The number of nitrogens with zero attached hydrogens (tertiary/aromatic N) is 2. The minimum atomic E-state index is -0.0137. The largest absolute Gasteiger partial charge is 0.310 e. The van der Waals surface area contributed by atoms with Crippen molar-refractivity contribution in [3.8, 4) is 16.8 Å². The summed E-state index contributed by atoms with van der Waals surface area (Å²) in [6.07, 6.45) is 0. The smallest absolute Gasteiger partial charge is 0.0542 e. The fourth-order valence-electron chi connectivity index (χ4n) is 6.83. The molecular formula is C39H30N2. The van der Waals surface area contributed by atoms with Crippen molar-refractivity contribution >= 4 is 38.9 Å². The van der Waals surface area contributed by atoms with Gasteiger partial charge in [-0.3, -0.25) is 0 Å². The molecule has 0 saturated carbocycles. The van der Waals surface area contributed by atoms with Gasteiger partial charge in [-0.05, 0) is 82.9 Å². The highest BCUT2D eigenvalue weighted by atomic mass is 15.1. The molecule has 0 N–H and O–H groups in total. The summed E-state index contributed by atoms with van der Waals surface area (Å²) in [6, 6.07) is 52.8. The summed E-state index contributed by atoms with van der Waals surface area (Å²) in [5, 5.41) is 2.50. The van der Waals surface area contributed by atoms with Gasteiger partial charge in [0.1, 0.15) is 0 Å². The van der Waals surface area contributed by atoms with Gasteiger partial charge in [-0.1, -0.05) is 98.8 Å². The van der Waals surface area contributed by atoms with Crippen molar-refractivity contribution in [3.63, 3.8) is 0 Å². The molecule has 8 rings (SSSR count). The van der Waals surface area contributed by atoms with Crippen LogP contribution in [-0.2, 0) is 5.41 Å². The zero-order chi connectivity index (χ0) is 27.6. The maximum absolute atomic E-state index is 2.39. The second-order valence-corrected chi connectivity index (χ2v) is 11.5. The van der Waals surface area contributed by atoms with E-state index in [1.807, 2.05) is 0 Å². The molecule has 0 bridgehead atoms. The van der Waals surface area contributed by atoms with Crippen LogP contribution < -0.4 is 4.90 Å². The van der Waals surface area contributed by atoms with Gasteiger partial charge in [-0.2, -0.15) is 0 Å². The quantitative estimate of drug-likeness (QED) is 0.221. The zero-order valence-corrected chi connectivity index (χ0v) is 23.3. The van der Waals surface area contributed by atoms with Crippen molar-refractivity contribution in [2.45, 2.75) is 19.3 Å². The maximum atomic E-state index is 2.39. The Balaban J connectivity index is 1.36. The highest BCUT2D eigenvalue weighted by molar-refractivity contribution is 6.10. The predicted molar refractivity (Wildman–Crippen MR) is 173 cm³/mol. The number of hydrogen-bond donors (Lipinski definition) is 0. The molecule has 0 unspecified atom stereocenters. The predicted octanol–water partition coefficient (Wildman–Crippen LogP) is 10.6. The third-order valence-electron chi connectivity index (χ3n) is 8.77. The fourth-order valence-corrected chi connectivity index (χ4v) is 6.83. The lowest BCUT2D eigenvalue weighted by Gasteiger charge is -2.27. The van der Waals surface area contributed by atoms with Gasteiger partial charge >= 0.3 is 0 Å². The summed E-state index contributed by atoms with van der Waals surface area (Å²) in [7, 11) is 0. The summed E-state index contributed by atoms with van der Waals surface area (Å²) in [6.45, 7) is 4.67. The molecule has 196 valence electrons. The number of fused-ring (bicyclic) bond motifs is 6. The van der Waals surface area contributed by atoms with E-state index in [0.717, 1.165) is 17.1 Å². The minimum Gasteiger partial charge on any atom is -0.310 e. The first kappa shape index (κ1) is 23.8. The van der Waals surface area contributed by atoms with Crippen molar-refractivity contribution in [1.82, 2.24) is 4.57 Å². The molecule has 6 aromatic carbocycles. The summed E-state index contributed by atoms with van der Waals surface area (Å²) in [5.74, 6) is 0. The van der Waals surface area contributed by atoms with Gasteiger partial charge in [0, 0.05) is 38.9 Å². The molecule has 0 spiro atoms. The van der Waals surface area contributed by atoms with Crippen LogP contribution in [0.25, 0.3) is 38.6 Å². The third kappa shape index (κ3) is 3.57. The van der Waals surface area contributed by atoms with Crippen LogP contribution in [0.15, 0.2) is 146 Å². The van der Waals surface area contributed by atoms with Gasteiger partial charge in [-0.15, -0.1) is 0 Å². The Hall–Kier alpha value is -5.08. The summed E-state index contributed by atoms with van der Waals surface area (Å²) >= 11 is 0. The lowest BCUT2D eigenvalue weighted by molar-refractivity contribution is 0.660. The van der Waals surface area contributed by atoms with E-state index in [-0.39, 0.29) is 5.41 Å². The van der Waals surface area contributed by atoms with Crippen molar-refractivity contribution in [2.24, 2.45) is 0 Å². The van der Waals surface area contributed by atoms with E-state index in [1.54, 1.807) is 0 Å².